The predicted octanol–water partition coefficient (Wildman–Crippen LogP) is -28.4. The second-order valence-corrected chi connectivity index (χ2v) is 22.5. The average Bonchev–Trinajstić information content (AvgIpc) is 0.775. The summed E-state index contributed by atoms with van der Waals surface area (Å²) in [4.78, 5) is 97.7. The zero-order valence-corrected chi connectivity index (χ0v) is 47.8. The van der Waals surface area contributed by atoms with E-state index in [1.165, 1.54) is 0 Å². The summed E-state index contributed by atoms with van der Waals surface area (Å²) in [5.41, 5.74) is 0. The number of hydrogen-bond acceptors (Lipinski definition) is 49. The van der Waals surface area contributed by atoms with E-state index >= 15 is 0 Å². The number of carbonyl (C=O) groups excluding carboxylic acids is 8. The minimum atomic E-state index is -2.92. The number of rotatable bonds is 22. The van der Waals surface area contributed by atoms with E-state index in [9.17, 15) is 171 Å². The molecule has 8 saturated heterocycles. The van der Waals surface area contributed by atoms with Gasteiger partial charge in [0.05, 0.1) is 47.8 Å². The lowest BCUT2D eigenvalue weighted by Gasteiger charge is -2.50. The van der Waals surface area contributed by atoms with E-state index in [1.807, 2.05) is 0 Å². The summed E-state index contributed by atoms with van der Waals surface area (Å²) in [6.45, 7) is 0. The summed E-state index contributed by atoms with van der Waals surface area (Å²) in [5, 5.41) is 291. The van der Waals surface area contributed by atoms with E-state index in [1.54, 1.807) is 0 Å². The first kappa shape index (κ1) is 77.2. The van der Waals surface area contributed by atoms with Crippen LogP contribution in [0.2, 0.25) is 0 Å². The van der Waals surface area contributed by atoms with Crippen LogP contribution in [0.5, 0.6) is 0 Å². The lowest BCUT2D eigenvalue weighted by molar-refractivity contribution is -0.411. The summed E-state index contributed by atoms with van der Waals surface area (Å²) in [6.07, 6.45) is -107. The van der Waals surface area contributed by atoms with Gasteiger partial charge in [0.1, 0.15) is 195 Å². The van der Waals surface area contributed by atoms with Gasteiger partial charge in [0, 0.05) is 0 Å². The van der Waals surface area contributed by atoms with Crippen LogP contribution in [0.15, 0.2) is 0 Å². The van der Waals surface area contributed by atoms with E-state index in [0.29, 0.717) is 0 Å². The third kappa shape index (κ3) is 15.4. The van der Waals surface area contributed by atoms with Crippen LogP contribution in [0.4, 0.5) is 0 Å². The number of aliphatic hydroxyl groups is 18. The molecule has 0 saturated carbocycles. The SMILES string of the molecule is O=C([O-])[C@@H]1O[C@@H](O[C@H]2[C@H](O)[C@H](O)[C@H](O[C@H]3[C@H](O)[C@H](O)[C@H](O[C@H]4[C@H](O)[C@H](O)[C@H](O[C@H]5[C@H](O)[C@H](O)[C@H](O[C@H]6[C@H](O)[C@H](O)[C@H](O[C@H]7[C@H](O)[C@H](O)[C@H](O[C@H]8[C@H](O)[C@H](O)[C@H](O)O[C@H]8C(=O)[O-])O[C@H]7C(=O)[O-])O[C@H]6C(=O)[O-])O[C@H]5C(=O)[O-])O[C@H]4C(=O)[O-])O[C@H]3C(=O)[O-])O[C@H]2C(=O)[O-])[C@@H](O)[C@@H](O)[C@@H]1O. The van der Waals surface area contributed by atoms with Crippen LogP contribution in [0, 0.1) is 0 Å². The average molecular weight is 1420 g/mol. The van der Waals surface area contributed by atoms with E-state index in [4.69, 9.17) is 66.3 Å². The van der Waals surface area contributed by atoms with Crippen molar-refractivity contribution in [2.24, 2.45) is 0 Å². The van der Waals surface area contributed by atoms with Crippen LogP contribution >= 0.6 is 0 Å². The maximum absolute atomic E-state index is 12.5. The molecule has 0 bridgehead atoms. The van der Waals surface area contributed by atoms with Crippen molar-refractivity contribution in [1.29, 1.82) is 0 Å². The van der Waals surface area contributed by atoms with Crippen molar-refractivity contribution in [2.75, 3.05) is 0 Å². The van der Waals surface area contributed by atoms with Crippen LogP contribution in [0.25, 0.3) is 0 Å². The zero-order valence-electron chi connectivity index (χ0n) is 47.8. The topological polar surface area (TPSA) is 824 Å². The predicted molar refractivity (Wildman–Crippen MR) is 248 cm³/mol. The van der Waals surface area contributed by atoms with Gasteiger partial charge in [0.2, 0.25) is 0 Å². The molecule has 0 aromatic heterocycles. The minimum Gasteiger partial charge on any atom is -0.547 e. The molecule has 0 unspecified atom stereocenters. The summed E-state index contributed by atoms with van der Waals surface area (Å²) >= 11 is 0. The first-order chi connectivity index (χ1) is 45.2. The number of carboxylic acid groups (broad SMARTS) is 8. The van der Waals surface area contributed by atoms with Crippen molar-refractivity contribution in [1.82, 2.24) is 0 Å². The van der Waals surface area contributed by atoms with Gasteiger partial charge >= 0.3 is 0 Å². The highest BCUT2D eigenvalue weighted by atomic mass is 16.8. The monoisotopic (exact) mass is 1420 g/mol. The van der Waals surface area contributed by atoms with Gasteiger partial charge in [0.15, 0.2) is 50.3 Å². The largest absolute Gasteiger partial charge is 0.547 e. The fraction of sp³-hybridized carbons (Fsp3) is 0.833. The Labute approximate surface area is 534 Å². The molecule has 40 atom stereocenters. The molecule has 8 fully saturated rings. The molecule has 97 heavy (non-hydrogen) atoms. The Bertz CT molecular complexity index is 2820. The molecular weight excluding hydrogens is 1360 g/mol. The first-order valence-corrected chi connectivity index (χ1v) is 28.0. The maximum atomic E-state index is 12.5. The fourth-order valence-corrected chi connectivity index (χ4v) is 11.2. The Morgan fingerprint density at radius 3 is 0.505 bits per heavy atom. The summed E-state index contributed by atoms with van der Waals surface area (Å²) in [6, 6.07) is 0. The second-order valence-electron chi connectivity index (χ2n) is 22.5. The molecule has 8 aliphatic heterocycles. The van der Waals surface area contributed by atoms with Crippen molar-refractivity contribution in [3.05, 3.63) is 0 Å². The van der Waals surface area contributed by atoms with Crippen LogP contribution in [-0.2, 0) is 109 Å². The molecule has 552 valence electrons. The molecule has 0 radical (unpaired) electrons. The summed E-state index contributed by atoms with van der Waals surface area (Å²) in [7, 11) is 0. The lowest BCUT2D eigenvalue weighted by Crippen LogP contribution is -2.71. The standard InChI is InChI=1S/C48H66O49/c49-1-2(50)25(33(66)67)91-42(11(1)59)85-19-4(52)13(61)44(93-27(19)35(70)71)87-21-6(54)15(63)46(95-29(21)37(74)75)89-23-8(56)17(65)48(97-31(23)39(78)79)90-24-9(57)16(64)47(96-32(24)40(80)81)88-22-7(55)14(62)45(94-30(22)38(76)77)86-20-5(53)12(60)43(92-28(20)36(72)73)84-18-3(51)10(58)41(82)83-26(18)34(68)69/h1-32,41-65,82H,(H,66,67)(H,68,69)(H,70,71)(H,72,73)(H,74,75)(H,76,77)(H,78,79)(H,80,81)/p-8/t1-,2-,3+,4+,5+,6+,7+,8+,9+,10-,11-,12-,13-,14-,15-,16-,17-,18-,19-,20-,21-,22-,23-,24-,25+,26+,27+,28+,29+,30+,31+,32+,41+,42+,43+,44+,45+,46+,47+,48+/m0/s1. The van der Waals surface area contributed by atoms with Gasteiger partial charge in [-0.3, -0.25) is 0 Å². The Kier molecular flexibility index (Phi) is 24.5. The van der Waals surface area contributed by atoms with Crippen LogP contribution in [-0.4, -0.2) is 385 Å². The number of carboxylic acids is 8. The number of carbonyl (C=O) groups is 8. The number of ether oxygens (including phenoxy) is 15. The van der Waals surface area contributed by atoms with E-state index in [2.05, 4.69) is 4.74 Å². The van der Waals surface area contributed by atoms with Crippen molar-refractivity contribution < 1.29 is 242 Å². The third-order valence-electron chi connectivity index (χ3n) is 16.3. The molecular formula is C48H58O49-8. The molecule has 8 heterocycles. The van der Waals surface area contributed by atoms with Gasteiger partial charge in [0.25, 0.3) is 0 Å². The molecule has 0 aromatic carbocycles. The van der Waals surface area contributed by atoms with Crippen molar-refractivity contribution >= 4 is 47.8 Å². The van der Waals surface area contributed by atoms with E-state index in [-0.39, 0.29) is 0 Å². The normalized spacial score (nSPS) is 49.8. The van der Waals surface area contributed by atoms with Gasteiger partial charge in [-0.05, 0) is 0 Å². The summed E-state index contributed by atoms with van der Waals surface area (Å²) in [5.74, 6) is -19.1. The zero-order chi connectivity index (χ0) is 72.3. The molecule has 0 amide bonds. The van der Waals surface area contributed by atoms with Gasteiger partial charge < -0.3 is 242 Å². The molecule has 49 heteroatoms. The second kappa shape index (κ2) is 30.7. The highest BCUT2D eigenvalue weighted by molar-refractivity contribution is 5.74. The van der Waals surface area contributed by atoms with E-state index < -0.39 is 293 Å². The van der Waals surface area contributed by atoms with E-state index in [0.717, 1.165) is 0 Å². The van der Waals surface area contributed by atoms with Crippen molar-refractivity contribution in [3.63, 3.8) is 0 Å². The Morgan fingerprint density at radius 2 is 0.330 bits per heavy atom. The third-order valence-corrected chi connectivity index (χ3v) is 16.3. The Hall–Kier alpha value is -5.56. The maximum Gasteiger partial charge on any atom is 0.187 e. The number of aliphatic carboxylic acids is 8. The quantitative estimate of drug-likeness (QED) is 0.0479. The first-order valence-electron chi connectivity index (χ1n) is 28.0. The van der Waals surface area contributed by atoms with Gasteiger partial charge in [-0.1, -0.05) is 0 Å². The smallest absolute Gasteiger partial charge is 0.187 e. The van der Waals surface area contributed by atoms with Gasteiger partial charge in [-0.2, -0.15) is 0 Å². The fourth-order valence-electron chi connectivity index (χ4n) is 11.2. The van der Waals surface area contributed by atoms with Crippen molar-refractivity contribution in [3.8, 4) is 0 Å². The highest BCUT2D eigenvalue weighted by Crippen LogP contribution is 2.39. The Balaban J connectivity index is 0.905. The van der Waals surface area contributed by atoms with Gasteiger partial charge in [-0.25, -0.2) is 0 Å². The minimum absolute atomic E-state index is 2.20. The Morgan fingerprint density at radius 1 is 0.186 bits per heavy atom. The molecule has 0 spiro atoms. The lowest BCUT2D eigenvalue weighted by atomic mass is 9.94. The molecule has 18 N–H and O–H groups in total. The van der Waals surface area contributed by atoms with Crippen molar-refractivity contribution in [2.45, 2.75) is 246 Å². The molecule has 0 aromatic rings. The van der Waals surface area contributed by atoms with Gasteiger partial charge in [-0.15, -0.1) is 0 Å². The van der Waals surface area contributed by atoms with Crippen LogP contribution < -0.4 is 40.9 Å². The van der Waals surface area contributed by atoms with Crippen LogP contribution in [0.3, 0.4) is 0 Å². The molecule has 8 rings (SSSR count). The summed E-state index contributed by atoms with van der Waals surface area (Å²) < 4.78 is 76.2. The number of aliphatic hydroxyl groups excluding tert-OH is 18. The molecule has 8 aliphatic rings. The molecule has 0 aliphatic carbocycles. The highest BCUT2D eigenvalue weighted by Gasteiger charge is 2.60. The van der Waals surface area contributed by atoms with Crippen LogP contribution in [0.1, 0.15) is 0 Å². The number of hydrogen-bond donors (Lipinski definition) is 18. The molecule has 49 nitrogen and oxygen atoms in total.